The Bertz CT molecular complexity index is 359. The van der Waals surface area contributed by atoms with Gasteiger partial charge in [-0.15, -0.1) is 11.6 Å². The van der Waals surface area contributed by atoms with Gasteiger partial charge in [-0.1, -0.05) is 12.1 Å². The number of benzene rings is 1. The summed E-state index contributed by atoms with van der Waals surface area (Å²) in [4.78, 5) is 0. The number of halogens is 4. The van der Waals surface area contributed by atoms with Crippen molar-refractivity contribution in [2.45, 2.75) is 44.3 Å². The van der Waals surface area contributed by atoms with E-state index >= 15 is 0 Å². The molecule has 1 unspecified atom stereocenters. The van der Waals surface area contributed by atoms with Gasteiger partial charge in [-0.05, 0) is 38.0 Å². The van der Waals surface area contributed by atoms with Crippen molar-refractivity contribution in [1.82, 2.24) is 0 Å². The maximum Gasteiger partial charge on any atom is 0.389 e. The summed E-state index contributed by atoms with van der Waals surface area (Å²) in [5.41, 5.74) is 0.678. The Morgan fingerprint density at radius 2 is 1.72 bits per heavy atom. The Labute approximate surface area is 110 Å². The summed E-state index contributed by atoms with van der Waals surface area (Å²) in [5, 5.41) is -0.625. The molecule has 0 aromatic heterocycles. The average Bonchev–Trinajstić information content (AvgIpc) is 2.25. The van der Waals surface area contributed by atoms with Gasteiger partial charge in [0.25, 0.3) is 0 Å². The predicted molar refractivity (Wildman–Crippen MR) is 66.1 cm³/mol. The molecule has 1 rings (SSSR count). The minimum Gasteiger partial charge on any atom is -0.491 e. The second kappa shape index (κ2) is 6.32. The predicted octanol–water partition coefficient (Wildman–Crippen LogP) is 5.10. The molecule has 0 N–H and O–H groups in total. The van der Waals surface area contributed by atoms with Crippen LogP contribution in [0.4, 0.5) is 13.2 Å². The van der Waals surface area contributed by atoms with Gasteiger partial charge in [0, 0.05) is 6.42 Å². The molecule has 1 aromatic rings. The zero-order valence-corrected chi connectivity index (χ0v) is 11.1. The van der Waals surface area contributed by atoms with Crippen LogP contribution in [0, 0.1) is 0 Å². The SMILES string of the molecule is CC(C)Oc1ccc(C(Cl)CCC(F)(F)F)cc1. The third-order valence-corrected chi connectivity index (χ3v) is 2.77. The van der Waals surface area contributed by atoms with Crippen LogP contribution in [-0.4, -0.2) is 12.3 Å². The van der Waals surface area contributed by atoms with Crippen LogP contribution in [0.5, 0.6) is 5.75 Å². The lowest BCUT2D eigenvalue weighted by Crippen LogP contribution is -2.08. The highest BCUT2D eigenvalue weighted by molar-refractivity contribution is 6.20. The highest BCUT2D eigenvalue weighted by Gasteiger charge is 2.28. The molecular weight excluding hydrogens is 265 g/mol. The molecular formula is C13H16ClF3O. The summed E-state index contributed by atoms with van der Waals surface area (Å²) in [6.45, 7) is 3.81. The Morgan fingerprint density at radius 1 is 1.17 bits per heavy atom. The Hall–Kier alpha value is -0.900. The van der Waals surface area contributed by atoms with Crippen LogP contribution in [0.15, 0.2) is 24.3 Å². The lowest BCUT2D eigenvalue weighted by molar-refractivity contribution is -0.135. The first-order valence-electron chi connectivity index (χ1n) is 5.75. The molecule has 0 fully saturated rings. The molecule has 0 saturated heterocycles. The summed E-state index contributed by atoms with van der Waals surface area (Å²) in [5.74, 6) is 0.688. The molecule has 0 aliphatic carbocycles. The van der Waals surface area contributed by atoms with Gasteiger partial charge < -0.3 is 4.74 Å². The first-order chi connectivity index (χ1) is 8.28. The largest absolute Gasteiger partial charge is 0.491 e. The van der Waals surface area contributed by atoms with E-state index < -0.39 is 18.0 Å². The van der Waals surface area contributed by atoms with Crippen LogP contribution in [0.3, 0.4) is 0 Å². The molecule has 0 aliphatic heterocycles. The molecule has 1 atom stereocenters. The van der Waals surface area contributed by atoms with Crippen LogP contribution in [-0.2, 0) is 0 Å². The Morgan fingerprint density at radius 3 is 2.17 bits per heavy atom. The first-order valence-corrected chi connectivity index (χ1v) is 6.19. The van der Waals surface area contributed by atoms with E-state index in [1.165, 1.54) is 0 Å². The molecule has 0 spiro atoms. The molecule has 0 bridgehead atoms. The topological polar surface area (TPSA) is 9.23 Å². The second-order valence-corrected chi connectivity index (χ2v) is 4.88. The summed E-state index contributed by atoms with van der Waals surface area (Å²) in [6.07, 6.45) is -5.08. The lowest BCUT2D eigenvalue weighted by atomic mass is 10.1. The van der Waals surface area contributed by atoms with Crippen molar-refractivity contribution >= 4 is 11.6 Å². The van der Waals surface area contributed by atoms with Gasteiger partial charge in [-0.25, -0.2) is 0 Å². The van der Waals surface area contributed by atoms with E-state index in [1.807, 2.05) is 13.8 Å². The second-order valence-electron chi connectivity index (χ2n) is 4.36. The van der Waals surface area contributed by atoms with Crippen molar-refractivity contribution in [1.29, 1.82) is 0 Å². The molecule has 5 heteroatoms. The van der Waals surface area contributed by atoms with Crippen molar-refractivity contribution in [3.8, 4) is 5.75 Å². The molecule has 1 nitrogen and oxygen atoms in total. The van der Waals surface area contributed by atoms with Crippen LogP contribution in [0.1, 0.15) is 37.6 Å². The minimum absolute atomic E-state index is 0.0628. The number of rotatable bonds is 5. The third kappa shape index (κ3) is 5.63. The Balaban J connectivity index is 2.56. The van der Waals surface area contributed by atoms with Crippen LogP contribution < -0.4 is 4.74 Å². The van der Waals surface area contributed by atoms with Gasteiger partial charge in [0.05, 0.1) is 11.5 Å². The van der Waals surface area contributed by atoms with Crippen LogP contribution in [0.25, 0.3) is 0 Å². The minimum atomic E-state index is -4.16. The summed E-state index contributed by atoms with van der Waals surface area (Å²) >= 11 is 5.93. The summed E-state index contributed by atoms with van der Waals surface area (Å²) in [7, 11) is 0. The maximum absolute atomic E-state index is 12.1. The fourth-order valence-electron chi connectivity index (χ4n) is 1.48. The van der Waals surface area contributed by atoms with E-state index in [0.29, 0.717) is 11.3 Å². The van der Waals surface area contributed by atoms with E-state index in [-0.39, 0.29) is 12.5 Å². The quantitative estimate of drug-likeness (QED) is 0.682. The third-order valence-electron chi connectivity index (χ3n) is 2.29. The van der Waals surface area contributed by atoms with E-state index in [2.05, 4.69) is 0 Å². The number of hydrogen-bond donors (Lipinski definition) is 0. The van der Waals surface area contributed by atoms with E-state index in [1.54, 1.807) is 24.3 Å². The molecule has 0 amide bonds. The number of ether oxygens (including phenoxy) is 1. The lowest BCUT2D eigenvalue weighted by Gasteiger charge is -2.13. The van der Waals surface area contributed by atoms with E-state index in [4.69, 9.17) is 16.3 Å². The van der Waals surface area contributed by atoms with Crippen molar-refractivity contribution in [3.63, 3.8) is 0 Å². The number of alkyl halides is 4. The molecule has 0 radical (unpaired) electrons. The van der Waals surface area contributed by atoms with Crippen LogP contribution in [0.2, 0.25) is 0 Å². The summed E-state index contributed by atoms with van der Waals surface area (Å²) < 4.78 is 41.6. The Kier molecular flexibility index (Phi) is 5.32. The van der Waals surface area contributed by atoms with Gasteiger partial charge >= 0.3 is 6.18 Å². The maximum atomic E-state index is 12.1. The standard InChI is InChI=1S/C13H16ClF3O/c1-9(2)18-11-5-3-10(4-6-11)12(14)7-8-13(15,16)17/h3-6,9,12H,7-8H2,1-2H3. The fraction of sp³-hybridized carbons (Fsp3) is 0.538. The summed E-state index contributed by atoms with van der Waals surface area (Å²) in [6, 6.07) is 6.84. The van der Waals surface area contributed by atoms with Gasteiger partial charge in [-0.3, -0.25) is 0 Å². The molecule has 0 heterocycles. The first kappa shape index (κ1) is 15.2. The van der Waals surface area contributed by atoms with Crippen molar-refractivity contribution in [2.75, 3.05) is 0 Å². The molecule has 1 aromatic carbocycles. The van der Waals surface area contributed by atoms with Crippen molar-refractivity contribution in [2.24, 2.45) is 0 Å². The van der Waals surface area contributed by atoms with Crippen molar-refractivity contribution in [3.05, 3.63) is 29.8 Å². The molecule has 0 aliphatic rings. The monoisotopic (exact) mass is 280 g/mol. The molecule has 0 saturated carbocycles. The van der Waals surface area contributed by atoms with E-state index in [9.17, 15) is 13.2 Å². The van der Waals surface area contributed by atoms with Gasteiger partial charge in [0.1, 0.15) is 5.75 Å². The molecule has 102 valence electrons. The van der Waals surface area contributed by atoms with E-state index in [0.717, 1.165) is 0 Å². The zero-order chi connectivity index (χ0) is 13.8. The highest BCUT2D eigenvalue weighted by Crippen LogP contribution is 2.32. The van der Waals surface area contributed by atoms with Gasteiger partial charge in [0.15, 0.2) is 0 Å². The van der Waals surface area contributed by atoms with Crippen LogP contribution >= 0.6 is 11.6 Å². The number of hydrogen-bond acceptors (Lipinski definition) is 1. The van der Waals surface area contributed by atoms with Gasteiger partial charge in [0.2, 0.25) is 0 Å². The fourth-order valence-corrected chi connectivity index (χ4v) is 1.74. The smallest absolute Gasteiger partial charge is 0.389 e. The zero-order valence-electron chi connectivity index (χ0n) is 10.3. The van der Waals surface area contributed by atoms with Crippen molar-refractivity contribution < 1.29 is 17.9 Å². The highest BCUT2D eigenvalue weighted by atomic mass is 35.5. The molecule has 18 heavy (non-hydrogen) atoms. The van der Waals surface area contributed by atoms with Gasteiger partial charge in [-0.2, -0.15) is 13.2 Å². The average molecular weight is 281 g/mol. The normalized spacial score (nSPS) is 13.7.